The van der Waals surface area contributed by atoms with Gasteiger partial charge in [-0.15, -0.1) is 0 Å². The van der Waals surface area contributed by atoms with Crippen molar-refractivity contribution in [3.05, 3.63) is 23.8 Å². The first-order valence-corrected chi connectivity index (χ1v) is 4.59. The minimum atomic E-state index is -0.651. The third kappa shape index (κ3) is 1.52. The number of benzene rings is 1. The second-order valence-electron chi connectivity index (χ2n) is 3.32. The van der Waals surface area contributed by atoms with Crippen molar-refractivity contribution in [2.45, 2.75) is 19.4 Å². The number of ether oxygens (including phenoxy) is 1. The molecule has 1 aromatic carbocycles. The Morgan fingerprint density at radius 3 is 3.00 bits per heavy atom. The summed E-state index contributed by atoms with van der Waals surface area (Å²) < 4.78 is 31.2. The van der Waals surface area contributed by atoms with Gasteiger partial charge in [-0.05, 0) is 6.42 Å². The third-order valence-corrected chi connectivity index (χ3v) is 2.29. The van der Waals surface area contributed by atoms with Crippen LogP contribution in [0.2, 0.25) is 0 Å². The van der Waals surface area contributed by atoms with Crippen LogP contribution < -0.4 is 10.1 Å². The van der Waals surface area contributed by atoms with Gasteiger partial charge in [-0.3, -0.25) is 0 Å². The van der Waals surface area contributed by atoms with E-state index in [2.05, 4.69) is 5.32 Å². The molecule has 1 aliphatic heterocycles. The van der Waals surface area contributed by atoms with Crippen molar-refractivity contribution in [3.63, 3.8) is 0 Å². The summed E-state index contributed by atoms with van der Waals surface area (Å²) >= 11 is 0. The largest absolute Gasteiger partial charge is 0.486 e. The van der Waals surface area contributed by atoms with E-state index in [9.17, 15) is 8.78 Å². The van der Waals surface area contributed by atoms with Crippen molar-refractivity contribution in [3.8, 4) is 5.75 Å². The van der Waals surface area contributed by atoms with Gasteiger partial charge in [0.1, 0.15) is 12.4 Å². The lowest BCUT2D eigenvalue weighted by Gasteiger charge is -2.26. The molecule has 1 unspecified atom stereocenters. The molecule has 0 aromatic heterocycles. The Morgan fingerprint density at radius 1 is 1.50 bits per heavy atom. The van der Waals surface area contributed by atoms with E-state index >= 15 is 0 Å². The summed E-state index contributed by atoms with van der Waals surface area (Å²) in [6.07, 6.45) is 0.859. The molecular weight excluding hydrogens is 188 g/mol. The van der Waals surface area contributed by atoms with Crippen molar-refractivity contribution in [1.82, 2.24) is 0 Å². The molecular formula is C10H11F2NO. The number of hydrogen-bond donors (Lipinski definition) is 1. The number of rotatable bonds is 1. The first kappa shape index (κ1) is 9.24. The van der Waals surface area contributed by atoms with Crippen molar-refractivity contribution in [2.24, 2.45) is 0 Å². The molecule has 14 heavy (non-hydrogen) atoms. The molecule has 1 heterocycles. The molecule has 76 valence electrons. The van der Waals surface area contributed by atoms with E-state index in [1.807, 2.05) is 6.92 Å². The molecule has 0 saturated heterocycles. The summed E-state index contributed by atoms with van der Waals surface area (Å²) in [5, 5.41) is 3.02. The van der Waals surface area contributed by atoms with Gasteiger partial charge in [-0.25, -0.2) is 8.78 Å². The molecule has 1 aromatic rings. The summed E-state index contributed by atoms with van der Waals surface area (Å²) in [5.41, 5.74) is 0.403. The minimum absolute atomic E-state index is 0.121. The molecule has 0 radical (unpaired) electrons. The van der Waals surface area contributed by atoms with E-state index in [1.54, 1.807) is 0 Å². The average molecular weight is 199 g/mol. The van der Waals surface area contributed by atoms with E-state index < -0.39 is 11.6 Å². The van der Waals surface area contributed by atoms with Crippen LogP contribution >= 0.6 is 0 Å². The van der Waals surface area contributed by atoms with Gasteiger partial charge in [0, 0.05) is 12.1 Å². The van der Waals surface area contributed by atoms with Gasteiger partial charge < -0.3 is 10.1 Å². The van der Waals surface area contributed by atoms with Gasteiger partial charge in [-0.2, -0.15) is 0 Å². The van der Waals surface area contributed by atoms with Gasteiger partial charge in [0.15, 0.2) is 11.6 Å². The van der Waals surface area contributed by atoms with Gasteiger partial charge in [0.25, 0.3) is 0 Å². The monoisotopic (exact) mass is 199 g/mol. The number of halogens is 2. The molecule has 1 atom stereocenters. The summed E-state index contributed by atoms with van der Waals surface area (Å²) in [7, 11) is 0. The zero-order valence-electron chi connectivity index (χ0n) is 7.81. The molecule has 0 spiro atoms. The Hall–Kier alpha value is -1.32. The van der Waals surface area contributed by atoms with Crippen LogP contribution in [-0.2, 0) is 0 Å². The first-order valence-electron chi connectivity index (χ1n) is 4.59. The predicted octanol–water partition coefficient (Wildman–Crippen LogP) is 2.55. The van der Waals surface area contributed by atoms with Crippen LogP contribution in [0.5, 0.6) is 5.75 Å². The van der Waals surface area contributed by atoms with Crippen molar-refractivity contribution >= 4 is 5.69 Å². The molecule has 2 nitrogen and oxygen atoms in total. The maximum Gasteiger partial charge on any atom is 0.178 e. The summed E-state index contributed by atoms with van der Waals surface area (Å²) in [6, 6.07) is 2.20. The Balaban J connectivity index is 2.37. The molecule has 2 rings (SSSR count). The Bertz CT molecular complexity index is 354. The molecule has 1 aliphatic rings. The maximum absolute atomic E-state index is 13.2. The zero-order valence-corrected chi connectivity index (χ0v) is 7.81. The van der Waals surface area contributed by atoms with Gasteiger partial charge >= 0.3 is 0 Å². The lowest BCUT2D eigenvalue weighted by Crippen LogP contribution is -2.31. The second-order valence-corrected chi connectivity index (χ2v) is 3.32. The lowest BCUT2D eigenvalue weighted by molar-refractivity contribution is 0.267. The van der Waals surface area contributed by atoms with E-state index in [1.165, 1.54) is 6.07 Å². The van der Waals surface area contributed by atoms with Gasteiger partial charge in [0.2, 0.25) is 0 Å². The quantitative estimate of drug-likeness (QED) is 0.750. The van der Waals surface area contributed by atoms with Crippen LogP contribution in [0, 0.1) is 11.6 Å². The highest BCUT2D eigenvalue weighted by molar-refractivity contribution is 5.59. The standard InChI is InChI=1S/C10H11F2NO/c1-2-7-5-14-10-8(12)3-6(11)4-9(10)13-7/h3-4,7,13H,2,5H2,1H3. The Labute approximate surface area is 80.9 Å². The molecule has 0 saturated carbocycles. The summed E-state index contributed by atoms with van der Waals surface area (Å²) in [5.74, 6) is -1.12. The Morgan fingerprint density at radius 2 is 2.29 bits per heavy atom. The summed E-state index contributed by atoms with van der Waals surface area (Å²) in [4.78, 5) is 0. The SMILES string of the molecule is CCC1COc2c(F)cc(F)cc2N1. The van der Waals surface area contributed by atoms with E-state index in [0.29, 0.717) is 12.3 Å². The molecule has 1 N–H and O–H groups in total. The zero-order chi connectivity index (χ0) is 10.1. The fraction of sp³-hybridized carbons (Fsp3) is 0.400. The highest BCUT2D eigenvalue weighted by Crippen LogP contribution is 2.32. The van der Waals surface area contributed by atoms with Crippen molar-refractivity contribution < 1.29 is 13.5 Å². The van der Waals surface area contributed by atoms with Crippen molar-refractivity contribution in [1.29, 1.82) is 0 Å². The average Bonchev–Trinajstić information content (AvgIpc) is 2.16. The number of fused-ring (bicyclic) bond motifs is 1. The minimum Gasteiger partial charge on any atom is -0.486 e. The Kier molecular flexibility index (Phi) is 2.27. The molecule has 0 aliphatic carbocycles. The fourth-order valence-corrected chi connectivity index (χ4v) is 1.48. The molecule has 4 heteroatoms. The summed E-state index contributed by atoms with van der Waals surface area (Å²) in [6.45, 7) is 2.41. The van der Waals surface area contributed by atoms with Crippen LogP contribution in [0.4, 0.5) is 14.5 Å². The second kappa shape index (κ2) is 3.44. The third-order valence-electron chi connectivity index (χ3n) is 2.29. The topological polar surface area (TPSA) is 21.3 Å². The first-order chi connectivity index (χ1) is 6.70. The van der Waals surface area contributed by atoms with Gasteiger partial charge in [0.05, 0.1) is 11.7 Å². The molecule has 0 bridgehead atoms. The van der Waals surface area contributed by atoms with Crippen LogP contribution in [0.3, 0.4) is 0 Å². The predicted molar refractivity (Wildman–Crippen MR) is 49.6 cm³/mol. The van der Waals surface area contributed by atoms with E-state index in [-0.39, 0.29) is 11.8 Å². The molecule has 0 amide bonds. The highest BCUT2D eigenvalue weighted by atomic mass is 19.1. The normalized spacial score (nSPS) is 19.5. The number of nitrogens with one attached hydrogen (secondary N) is 1. The van der Waals surface area contributed by atoms with Gasteiger partial charge in [-0.1, -0.05) is 6.92 Å². The number of anilines is 1. The van der Waals surface area contributed by atoms with Crippen molar-refractivity contribution in [2.75, 3.05) is 11.9 Å². The number of hydrogen-bond acceptors (Lipinski definition) is 2. The smallest absolute Gasteiger partial charge is 0.178 e. The van der Waals surface area contributed by atoms with Crippen LogP contribution in [0.1, 0.15) is 13.3 Å². The van der Waals surface area contributed by atoms with E-state index in [0.717, 1.165) is 12.5 Å². The fourth-order valence-electron chi connectivity index (χ4n) is 1.48. The van der Waals surface area contributed by atoms with Crippen LogP contribution in [0.15, 0.2) is 12.1 Å². The highest BCUT2D eigenvalue weighted by Gasteiger charge is 2.21. The van der Waals surface area contributed by atoms with Crippen LogP contribution in [-0.4, -0.2) is 12.6 Å². The lowest BCUT2D eigenvalue weighted by atomic mass is 10.1. The molecule has 0 fully saturated rings. The van der Waals surface area contributed by atoms with E-state index in [4.69, 9.17) is 4.74 Å². The van der Waals surface area contributed by atoms with Crippen LogP contribution in [0.25, 0.3) is 0 Å². The maximum atomic E-state index is 13.2.